The summed E-state index contributed by atoms with van der Waals surface area (Å²) in [7, 11) is 1.99. The molecule has 2 saturated heterocycles. The molecule has 1 atom stereocenters. The molecule has 0 saturated carbocycles. The van der Waals surface area contributed by atoms with E-state index in [-0.39, 0.29) is 17.7 Å². The Hall–Kier alpha value is -1.10. The van der Waals surface area contributed by atoms with Gasteiger partial charge in [0.2, 0.25) is 11.8 Å². The van der Waals surface area contributed by atoms with E-state index in [9.17, 15) is 9.59 Å². The van der Waals surface area contributed by atoms with Crippen LogP contribution in [0.2, 0.25) is 0 Å². The molecular formula is C17H31N3O2. The van der Waals surface area contributed by atoms with Crippen LogP contribution >= 0.6 is 0 Å². The van der Waals surface area contributed by atoms with E-state index >= 15 is 0 Å². The Kier molecular flexibility index (Phi) is 6.68. The number of nitrogens with one attached hydrogen (secondary N) is 1. The number of carbonyl (C=O) groups excluding carboxylic acids is 2. The molecule has 126 valence electrons. The van der Waals surface area contributed by atoms with E-state index in [0.29, 0.717) is 18.9 Å². The molecule has 1 unspecified atom stereocenters. The summed E-state index contributed by atoms with van der Waals surface area (Å²) in [6.07, 6.45) is 5.58. The largest absolute Gasteiger partial charge is 0.342 e. The Labute approximate surface area is 134 Å². The van der Waals surface area contributed by atoms with Crippen LogP contribution in [0.15, 0.2) is 0 Å². The first-order valence-electron chi connectivity index (χ1n) is 8.86. The minimum absolute atomic E-state index is 0.0235. The van der Waals surface area contributed by atoms with Gasteiger partial charge >= 0.3 is 0 Å². The maximum Gasteiger partial charge on any atom is 0.227 e. The molecule has 2 amide bonds. The van der Waals surface area contributed by atoms with Gasteiger partial charge in [-0.05, 0) is 51.6 Å². The number of likely N-dealkylation sites (tertiary alicyclic amines) is 2. The molecule has 2 rings (SSSR count). The minimum Gasteiger partial charge on any atom is -0.342 e. The molecule has 0 aliphatic carbocycles. The van der Waals surface area contributed by atoms with Crippen LogP contribution in [-0.4, -0.2) is 61.4 Å². The monoisotopic (exact) mass is 309 g/mol. The van der Waals surface area contributed by atoms with Crippen LogP contribution in [0.3, 0.4) is 0 Å². The van der Waals surface area contributed by atoms with Gasteiger partial charge in [-0.15, -0.1) is 0 Å². The van der Waals surface area contributed by atoms with Crippen molar-refractivity contribution >= 4 is 11.8 Å². The Bertz CT molecular complexity index is 378. The number of piperidine rings is 2. The second-order valence-electron chi connectivity index (χ2n) is 6.76. The van der Waals surface area contributed by atoms with Crippen LogP contribution < -0.4 is 5.32 Å². The molecule has 0 aromatic rings. The van der Waals surface area contributed by atoms with Gasteiger partial charge in [-0.3, -0.25) is 9.59 Å². The molecule has 2 heterocycles. The van der Waals surface area contributed by atoms with Gasteiger partial charge in [0.1, 0.15) is 0 Å². The lowest BCUT2D eigenvalue weighted by atomic mass is 9.92. The fraction of sp³-hybridized carbons (Fsp3) is 0.882. The first-order valence-corrected chi connectivity index (χ1v) is 8.86. The smallest absolute Gasteiger partial charge is 0.227 e. The average molecular weight is 309 g/mol. The maximum atomic E-state index is 12.7. The SMILES string of the molecule is CCCC(=O)N1CCCC(C(=O)N2CCC(CNC)CC2)C1. The van der Waals surface area contributed by atoms with Crippen LogP contribution in [0.4, 0.5) is 0 Å². The summed E-state index contributed by atoms with van der Waals surface area (Å²) in [5.74, 6) is 1.21. The number of amides is 2. The van der Waals surface area contributed by atoms with E-state index < -0.39 is 0 Å². The molecule has 1 N–H and O–H groups in total. The quantitative estimate of drug-likeness (QED) is 0.837. The van der Waals surface area contributed by atoms with Crippen LogP contribution in [0, 0.1) is 11.8 Å². The predicted molar refractivity (Wildman–Crippen MR) is 87.4 cm³/mol. The highest BCUT2D eigenvalue weighted by molar-refractivity contribution is 5.81. The van der Waals surface area contributed by atoms with Crippen LogP contribution in [0.25, 0.3) is 0 Å². The summed E-state index contributed by atoms with van der Waals surface area (Å²) in [5.41, 5.74) is 0. The third kappa shape index (κ3) is 4.45. The van der Waals surface area contributed by atoms with Crippen LogP contribution in [-0.2, 0) is 9.59 Å². The summed E-state index contributed by atoms with van der Waals surface area (Å²) in [4.78, 5) is 28.7. The van der Waals surface area contributed by atoms with Gasteiger partial charge in [0.05, 0.1) is 5.92 Å². The van der Waals surface area contributed by atoms with E-state index in [1.165, 1.54) is 0 Å². The zero-order valence-corrected chi connectivity index (χ0v) is 14.1. The maximum absolute atomic E-state index is 12.7. The minimum atomic E-state index is 0.0235. The molecule has 0 spiro atoms. The van der Waals surface area contributed by atoms with Crippen molar-refractivity contribution in [1.82, 2.24) is 15.1 Å². The fourth-order valence-corrected chi connectivity index (χ4v) is 3.68. The van der Waals surface area contributed by atoms with Crippen LogP contribution in [0.1, 0.15) is 45.4 Å². The fourth-order valence-electron chi connectivity index (χ4n) is 3.68. The molecular weight excluding hydrogens is 278 g/mol. The average Bonchev–Trinajstić information content (AvgIpc) is 2.55. The predicted octanol–water partition coefficient (Wildman–Crippen LogP) is 1.48. The lowest BCUT2D eigenvalue weighted by molar-refractivity contribution is -0.141. The number of hydrogen-bond acceptors (Lipinski definition) is 3. The molecule has 22 heavy (non-hydrogen) atoms. The highest BCUT2D eigenvalue weighted by atomic mass is 16.2. The van der Waals surface area contributed by atoms with Crippen LogP contribution in [0.5, 0.6) is 0 Å². The van der Waals surface area contributed by atoms with Gasteiger partial charge < -0.3 is 15.1 Å². The van der Waals surface area contributed by atoms with E-state index in [1.54, 1.807) is 0 Å². The van der Waals surface area contributed by atoms with Gasteiger partial charge in [-0.25, -0.2) is 0 Å². The number of hydrogen-bond donors (Lipinski definition) is 1. The van der Waals surface area contributed by atoms with Crippen molar-refractivity contribution in [2.45, 2.75) is 45.4 Å². The lowest BCUT2D eigenvalue weighted by Crippen LogP contribution is -2.49. The van der Waals surface area contributed by atoms with Gasteiger partial charge in [0, 0.05) is 32.6 Å². The molecule has 2 aliphatic heterocycles. The Morgan fingerprint density at radius 2 is 1.82 bits per heavy atom. The molecule has 0 bridgehead atoms. The molecule has 5 heteroatoms. The van der Waals surface area contributed by atoms with Gasteiger partial charge in [-0.2, -0.15) is 0 Å². The second-order valence-corrected chi connectivity index (χ2v) is 6.76. The van der Waals surface area contributed by atoms with Crippen molar-refractivity contribution in [3.05, 3.63) is 0 Å². The number of nitrogens with zero attached hydrogens (tertiary/aromatic N) is 2. The highest BCUT2D eigenvalue weighted by Crippen LogP contribution is 2.23. The molecule has 2 aliphatic rings. The third-order valence-corrected chi connectivity index (χ3v) is 5.01. The van der Waals surface area contributed by atoms with Crippen molar-refractivity contribution in [1.29, 1.82) is 0 Å². The first-order chi connectivity index (χ1) is 10.7. The summed E-state index contributed by atoms with van der Waals surface area (Å²) in [6.45, 7) is 6.29. The van der Waals surface area contributed by atoms with Gasteiger partial charge in [0.25, 0.3) is 0 Å². The summed E-state index contributed by atoms with van der Waals surface area (Å²) in [5, 5.41) is 3.23. The van der Waals surface area contributed by atoms with E-state index in [0.717, 1.165) is 58.3 Å². The second kappa shape index (κ2) is 8.51. The summed E-state index contributed by atoms with van der Waals surface area (Å²) in [6, 6.07) is 0. The van der Waals surface area contributed by atoms with Crippen molar-refractivity contribution in [3.8, 4) is 0 Å². The Morgan fingerprint density at radius 3 is 2.45 bits per heavy atom. The molecule has 0 radical (unpaired) electrons. The third-order valence-electron chi connectivity index (χ3n) is 5.01. The molecule has 0 aromatic heterocycles. The van der Waals surface area contributed by atoms with Crippen molar-refractivity contribution in [3.63, 3.8) is 0 Å². The first kappa shape index (κ1) is 17.3. The standard InChI is InChI=1S/C17H31N3O2/c1-3-5-16(21)20-9-4-6-15(13-20)17(22)19-10-7-14(8-11-19)12-18-2/h14-15,18H,3-13H2,1-2H3. The highest BCUT2D eigenvalue weighted by Gasteiger charge is 2.32. The van der Waals surface area contributed by atoms with Gasteiger partial charge in [-0.1, -0.05) is 6.92 Å². The summed E-state index contributed by atoms with van der Waals surface area (Å²) < 4.78 is 0. The van der Waals surface area contributed by atoms with E-state index in [1.807, 2.05) is 23.8 Å². The summed E-state index contributed by atoms with van der Waals surface area (Å²) >= 11 is 0. The molecule has 5 nitrogen and oxygen atoms in total. The van der Waals surface area contributed by atoms with Crippen molar-refractivity contribution < 1.29 is 9.59 Å². The molecule has 2 fully saturated rings. The van der Waals surface area contributed by atoms with Crippen molar-refractivity contribution in [2.24, 2.45) is 11.8 Å². The normalized spacial score (nSPS) is 23.6. The number of carbonyl (C=O) groups is 2. The number of rotatable bonds is 5. The Balaban J connectivity index is 1.83. The van der Waals surface area contributed by atoms with Gasteiger partial charge in [0.15, 0.2) is 0 Å². The zero-order valence-electron chi connectivity index (χ0n) is 14.1. The molecule has 0 aromatic carbocycles. The topological polar surface area (TPSA) is 52.7 Å². The zero-order chi connectivity index (χ0) is 15.9. The Morgan fingerprint density at radius 1 is 1.09 bits per heavy atom. The van der Waals surface area contributed by atoms with E-state index in [4.69, 9.17) is 0 Å². The lowest BCUT2D eigenvalue weighted by Gasteiger charge is -2.38. The van der Waals surface area contributed by atoms with Crippen molar-refractivity contribution in [2.75, 3.05) is 39.8 Å². The van der Waals surface area contributed by atoms with E-state index in [2.05, 4.69) is 5.32 Å².